The third-order valence-corrected chi connectivity index (χ3v) is 3.79. The largest absolute Gasteiger partial charge is 0.479 e. The van der Waals surface area contributed by atoms with Crippen molar-refractivity contribution in [1.82, 2.24) is 0 Å². The van der Waals surface area contributed by atoms with Crippen molar-refractivity contribution in [1.29, 1.82) is 0 Å². The number of nitrogen functional groups attached to an aromatic ring is 1. The fourth-order valence-corrected chi connectivity index (χ4v) is 2.37. The zero-order chi connectivity index (χ0) is 18.7. The molecule has 138 valence electrons. The van der Waals surface area contributed by atoms with Crippen molar-refractivity contribution in [2.24, 2.45) is 0 Å². The van der Waals surface area contributed by atoms with E-state index in [1.165, 1.54) is 34.7 Å². The monoisotopic (exact) mass is 469 g/mol. The lowest BCUT2D eigenvalue weighted by atomic mass is 9.99. The number of aliphatic carboxylic acids is 1. The number of ether oxygens (including phenoxy) is 3. The van der Waals surface area contributed by atoms with E-state index < -0.39 is 40.7 Å². The van der Waals surface area contributed by atoms with Gasteiger partial charge in [-0.3, -0.25) is 0 Å². The average Bonchev–Trinajstić information content (AvgIpc) is 2.54. The number of halogens is 1. The Morgan fingerprint density at radius 2 is 1.88 bits per heavy atom. The van der Waals surface area contributed by atoms with Gasteiger partial charge in [-0.2, -0.15) is 0 Å². The van der Waals surface area contributed by atoms with Crippen LogP contribution < -0.4 is 10.5 Å². The number of carboxylic acids is 1. The molecule has 25 heavy (non-hydrogen) atoms. The summed E-state index contributed by atoms with van der Waals surface area (Å²) in [7, 11) is 0. The number of aliphatic hydroxyl groups is 3. The zero-order valence-electron chi connectivity index (χ0n) is 12.6. The average molecular weight is 469 g/mol. The van der Waals surface area contributed by atoms with Crippen molar-refractivity contribution in [2.45, 2.75) is 37.3 Å². The fourth-order valence-electron chi connectivity index (χ4n) is 2.21. The highest BCUT2D eigenvalue weighted by atomic mass is 127. The van der Waals surface area contributed by atoms with E-state index >= 15 is 0 Å². The van der Waals surface area contributed by atoms with Gasteiger partial charge < -0.3 is 40.4 Å². The van der Waals surface area contributed by atoms with Crippen molar-refractivity contribution in [3.8, 4) is 5.75 Å². The smallest absolute Gasteiger partial charge is 0.367 e. The van der Waals surface area contributed by atoms with Crippen molar-refractivity contribution < 1.29 is 44.2 Å². The Kier molecular flexibility index (Phi) is 6.40. The molecule has 1 aromatic rings. The predicted molar refractivity (Wildman–Crippen MR) is 90.0 cm³/mol. The van der Waals surface area contributed by atoms with E-state index in [1.54, 1.807) is 6.07 Å². The van der Waals surface area contributed by atoms with Crippen LogP contribution in [0.25, 0.3) is 0 Å². The highest BCUT2D eigenvalue weighted by Crippen LogP contribution is 2.29. The molecule has 1 heterocycles. The van der Waals surface area contributed by atoms with Gasteiger partial charge in [-0.05, 0) is 17.7 Å². The predicted octanol–water partition coefficient (Wildman–Crippen LogP) is -0.389. The molecule has 0 saturated carbocycles. The number of anilines is 1. The first-order valence-corrected chi connectivity index (χ1v) is 8.08. The van der Waals surface area contributed by atoms with Gasteiger partial charge in [0.15, 0.2) is 6.10 Å². The number of carbonyl (C=O) groups excluding carboxylic acids is 1. The van der Waals surface area contributed by atoms with Gasteiger partial charge >= 0.3 is 9.95 Å². The number of carbonyl (C=O) groups is 2. The molecule has 0 aromatic heterocycles. The summed E-state index contributed by atoms with van der Waals surface area (Å²) in [6.07, 6.45) is -8.60. The van der Waals surface area contributed by atoms with Gasteiger partial charge in [-0.1, -0.05) is 6.07 Å². The summed E-state index contributed by atoms with van der Waals surface area (Å²) >= 11 is 1.48. The molecule has 10 nitrogen and oxygen atoms in total. The van der Waals surface area contributed by atoms with Crippen LogP contribution in [0.5, 0.6) is 5.75 Å². The highest BCUT2D eigenvalue weighted by molar-refractivity contribution is 14.1. The van der Waals surface area contributed by atoms with Crippen LogP contribution in [0, 0.1) is 0 Å². The first-order valence-electron chi connectivity index (χ1n) is 7.00. The van der Waals surface area contributed by atoms with Gasteiger partial charge in [-0.25, -0.2) is 9.59 Å². The van der Waals surface area contributed by atoms with E-state index in [2.05, 4.69) is 0 Å². The van der Waals surface area contributed by atoms with Crippen LogP contribution in [0.3, 0.4) is 0 Å². The minimum atomic E-state index is -1.81. The number of carboxylic acid groups (broad SMARTS) is 1. The molecule has 6 N–H and O–H groups in total. The highest BCUT2D eigenvalue weighted by Gasteiger charge is 2.48. The molecular weight excluding hydrogens is 453 g/mol. The lowest BCUT2D eigenvalue weighted by molar-refractivity contribution is -0.271. The SMILES string of the molecule is Nc1cc(COC(=O)I)ccc1OC1O[C@H](C(=O)O)[C@@H](O)[C@H](O)[C@H]1O. The Bertz CT molecular complexity index is 655. The number of benzene rings is 1. The molecule has 11 heteroatoms. The molecule has 0 radical (unpaired) electrons. The van der Waals surface area contributed by atoms with Gasteiger partial charge in [0.2, 0.25) is 6.29 Å². The molecule has 0 spiro atoms. The molecule has 2 rings (SSSR count). The second-order valence-corrected chi connectivity index (χ2v) is 6.13. The maximum Gasteiger partial charge on any atom is 0.367 e. The lowest BCUT2D eigenvalue weighted by Crippen LogP contribution is -2.61. The molecule has 1 aromatic carbocycles. The van der Waals surface area contributed by atoms with Gasteiger partial charge in [0.25, 0.3) is 0 Å². The summed E-state index contributed by atoms with van der Waals surface area (Å²) in [6, 6.07) is 4.42. The molecule has 1 aliphatic rings. The first kappa shape index (κ1) is 19.7. The third-order valence-electron chi connectivity index (χ3n) is 3.48. The summed E-state index contributed by atoms with van der Waals surface area (Å²) in [6.45, 7) is 0.000795. The third kappa shape index (κ3) is 4.70. The molecule has 0 bridgehead atoms. The number of nitrogens with two attached hydrogens (primary N) is 1. The van der Waals surface area contributed by atoms with Crippen LogP contribution in [0.4, 0.5) is 10.5 Å². The minimum absolute atomic E-state index is 0.000795. The summed E-state index contributed by atoms with van der Waals surface area (Å²) in [5.74, 6) is -1.46. The van der Waals surface area contributed by atoms with E-state index in [9.17, 15) is 24.9 Å². The number of aliphatic hydroxyl groups excluding tert-OH is 3. The van der Waals surface area contributed by atoms with Crippen LogP contribution in [0.1, 0.15) is 5.56 Å². The molecule has 1 unspecified atom stereocenters. The molecular formula is C14H16INO9. The molecule has 0 amide bonds. The summed E-state index contributed by atoms with van der Waals surface area (Å²) in [5, 5.41) is 38.3. The van der Waals surface area contributed by atoms with Crippen LogP contribution in [-0.2, 0) is 20.9 Å². The summed E-state index contributed by atoms with van der Waals surface area (Å²) < 4.78 is 14.7. The van der Waals surface area contributed by atoms with E-state index in [-0.39, 0.29) is 18.0 Å². The zero-order valence-corrected chi connectivity index (χ0v) is 14.8. The van der Waals surface area contributed by atoms with Gasteiger partial charge in [0.1, 0.15) is 30.7 Å². The van der Waals surface area contributed by atoms with Crippen LogP contribution in [-0.4, -0.2) is 61.1 Å². The lowest BCUT2D eigenvalue weighted by Gasteiger charge is -2.38. The number of rotatable bonds is 5. The van der Waals surface area contributed by atoms with Crippen LogP contribution in [0.15, 0.2) is 18.2 Å². The fraction of sp³-hybridized carbons (Fsp3) is 0.429. The standard InChI is InChI=1S/C14H16INO9/c15-14(22)23-4-5-1-2-7(6(16)3-5)24-13-10(19)8(17)9(18)11(25-13)12(20)21/h1-3,8-11,13,17-19H,4,16H2,(H,20,21)/t8-,9-,10+,11-,13?/m0/s1. The normalized spacial score (nSPS) is 29.0. The van der Waals surface area contributed by atoms with E-state index in [0.29, 0.717) is 5.56 Å². The maximum absolute atomic E-state index is 11.1. The second kappa shape index (κ2) is 8.14. The summed E-state index contributed by atoms with van der Waals surface area (Å²) in [5.41, 5.74) is 6.51. The van der Waals surface area contributed by atoms with Gasteiger partial charge in [0.05, 0.1) is 28.3 Å². The van der Waals surface area contributed by atoms with Crippen LogP contribution >= 0.6 is 22.6 Å². The summed E-state index contributed by atoms with van der Waals surface area (Å²) in [4.78, 5) is 21.8. The van der Waals surface area contributed by atoms with Crippen molar-refractivity contribution in [3.05, 3.63) is 23.8 Å². The van der Waals surface area contributed by atoms with Gasteiger partial charge in [0, 0.05) is 0 Å². The topological polar surface area (TPSA) is 169 Å². The van der Waals surface area contributed by atoms with Crippen molar-refractivity contribution in [3.63, 3.8) is 0 Å². The minimum Gasteiger partial charge on any atom is -0.479 e. The molecule has 5 atom stereocenters. The van der Waals surface area contributed by atoms with Gasteiger partial charge in [-0.15, -0.1) is 0 Å². The van der Waals surface area contributed by atoms with Crippen molar-refractivity contribution in [2.75, 3.05) is 5.73 Å². The van der Waals surface area contributed by atoms with Crippen LogP contribution in [0.2, 0.25) is 0 Å². The number of hydrogen-bond donors (Lipinski definition) is 5. The first-order chi connectivity index (χ1) is 11.7. The van der Waals surface area contributed by atoms with E-state index in [0.717, 1.165) is 0 Å². The molecule has 0 aliphatic carbocycles. The second-order valence-electron chi connectivity index (χ2n) is 5.25. The Morgan fingerprint density at radius 1 is 1.20 bits per heavy atom. The van der Waals surface area contributed by atoms with Crippen molar-refractivity contribution >= 4 is 38.2 Å². The Hall–Kier alpha value is -1.67. The molecule has 1 saturated heterocycles. The maximum atomic E-state index is 11.1. The molecule has 1 fully saturated rings. The Balaban J connectivity index is 2.12. The quantitative estimate of drug-likeness (QED) is 0.218. The van der Waals surface area contributed by atoms with E-state index in [1.807, 2.05) is 0 Å². The number of hydrogen-bond acceptors (Lipinski definition) is 9. The van der Waals surface area contributed by atoms with E-state index in [4.69, 9.17) is 25.1 Å². The Morgan fingerprint density at radius 3 is 2.44 bits per heavy atom. The Labute approximate surface area is 155 Å². The molecule has 1 aliphatic heterocycles.